The van der Waals surface area contributed by atoms with Crippen molar-refractivity contribution in [3.8, 4) is 5.75 Å². The van der Waals surface area contributed by atoms with Crippen molar-refractivity contribution in [3.63, 3.8) is 0 Å². The molecular weight excluding hydrogens is 230 g/mol. The number of phenols is 1. The molecule has 4 N–H and O–H groups in total. The van der Waals surface area contributed by atoms with E-state index in [0.29, 0.717) is 11.4 Å². The van der Waals surface area contributed by atoms with Crippen LogP contribution in [0.5, 0.6) is 5.75 Å². The largest absolute Gasteiger partial charge is 0.508 e. The van der Waals surface area contributed by atoms with Crippen molar-refractivity contribution in [1.29, 1.82) is 0 Å². The van der Waals surface area contributed by atoms with Gasteiger partial charge in [0.05, 0.1) is 0 Å². The molecule has 96 valence electrons. The number of phenolic OH excluding ortho intramolecular Hbond substituents is 1. The first kappa shape index (κ1) is 13.8. The summed E-state index contributed by atoms with van der Waals surface area (Å²) in [5.41, 5.74) is 7.67. The van der Waals surface area contributed by atoms with E-state index in [9.17, 15) is 9.90 Å². The smallest absolute Gasteiger partial charge is 0.273 e. The zero-order chi connectivity index (χ0) is 13.7. The normalized spacial score (nSPS) is 12.4. The van der Waals surface area contributed by atoms with Crippen LogP contribution in [-0.4, -0.2) is 23.8 Å². The van der Waals surface area contributed by atoms with Gasteiger partial charge in [0.15, 0.2) is 0 Å². The van der Waals surface area contributed by atoms with Gasteiger partial charge in [-0.15, -0.1) is 0 Å². The Morgan fingerprint density at radius 1 is 1.50 bits per heavy atom. The van der Waals surface area contributed by atoms with E-state index in [1.807, 2.05) is 0 Å². The summed E-state index contributed by atoms with van der Waals surface area (Å²) < 4.78 is 0. The van der Waals surface area contributed by atoms with E-state index >= 15 is 0 Å². The van der Waals surface area contributed by atoms with Crippen LogP contribution in [0.3, 0.4) is 0 Å². The SMILES string of the molecule is CN=C(C=C(C)N)C(=O)Nc1ccc(O)cc1C. The van der Waals surface area contributed by atoms with E-state index in [2.05, 4.69) is 10.3 Å². The number of hydrogen-bond acceptors (Lipinski definition) is 4. The van der Waals surface area contributed by atoms with Gasteiger partial charge in [0.1, 0.15) is 11.5 Å². The predicted octanol–water partition coefficient (Wildman–Crippen LogP) is 1.57. The summed E-state index contributed by atoms with van der Waals surface area (Å²) in [4.78, 5) is 15.8. The molecule has 0 saturated heterocycles. The van der Waals surface area contributed by atoms with E-state index < -0.39 is 0 Å². The predicted molar refractivity (Wildman–Crippen MR) is 72.8 cm³/mol. The van der Waals surface area contributed by atoms with Crippen molar-refractivity contribution < 1.29 is 9.90 Å². The number of anilines is 1. The zero-order valence-corrected chi connectivity index (χ0v) is 10.7. The number of nitrogens with one attached hydrogen (secondary N) is 1. The van der Waals surface area contributed by atoms with E-state index in [4.69, 9.17) is 5.73 Å². The van der Waals surface area contributed by atoms with Crippen molar-refractivity contribution in [3.05, 3.63) is 35.5 Å². The topological polar surface area (TPSA) is 87.7 Å². The molecule has 1 aromatic rings. The van der Waals surface area contributed by atoms with Crippen LogP contribution in [0.15, 0.2) is 35.0 Å². The summed E-state index contributed by atoms with van der Waals surface area (Å²) in [5, 5.41) is 12.0. The van der Waals surface area contributed by atoms with Crippen molar-refractivity contribution in [1.82, 2.24) is 0 Å². The second-order valence-electron chi connectivity index (χ2n) is 3.95. The quantitative estimate of drug-likeness (QED) is 0.559. The number of allylic oxidation sites excluding steroid dienone is 1. The highest BCUT2D eigenvalue weighted by Crippen LogP contribution is 2.20. The van der Waals surface area contributed by atoms with E-state index in [1.54, 1.807) is 26.0 Å². The number of aryl methyl sites for hydroxylation is 1. The molecule has 0 aliphatic heterocycles. The van der Waals surface area contributed by atoms with Crippen LogP contribution in [0.4, 0.5) is 5.69 Å². The lowest BCUT2D eigenvalue weighted by Gasteiger charge is -2.08. The number of aromatic hydroxyl groups is 1. The maximum atomic E-state index is 11.9. The number of amides is 1. The monoisotopic (exact) mass is 247 g/mol. The van der Waals surface area contributed by atoms with E-state index in [0.717, 1.165) is 5.56 Å². The van der Waals surface area contributed by atoms with Crippen LogP contribution in [0, 0.1) is 6.92 Å². The number of carbonyl (C=O) groups is 1. The lowest BCUT2D eigenvalue weighted by Crippen LogP contribution is -2.22. The third-order valence-corrected chi connectivity index (χ3v) is 2.30. The fraction of sp³-hybridized carbons (Fsp3) is 0.231. The fourth-order valence-corrected chi connectivity index (χ4v) is 1.42. The van der Waals surface area contributed by atoms with Gasteiger partial charge >= 0.3 is 0 Å². The van der Waals surface area contributed by atoms with Gasteiger partial charge in [-0.3, -0.25) is 9.79 Å². The molecule has 1 aromatic carbocycles. The Labute approximate surface area is 106 Å². The molecule has 5 heteroatoms. The number of hydrogen-bond donors (Lipinski definition) is 3. The summed E-state index contributed by atoms with van der Waals surface area (Å²) in [6.45, 7) is 3.48. The van der Waals surface area contributed by atoms with Crippen LogP contribution in [-0.2, 0) is 4.79 Å². The molecule has 0 bridgehead atoms. The molecule has 1 amide bonds. The molecule has 0 atom stereocenters. The average molecular weight is 247 g/mol. The van der Waals surface area contributed by atoms with Crippen LogP contribution in [0.2, 0.25) is 0 Å². The summed E-state index contributed by atoms with van der Waals surface area (Å²) >= 11 is 0. The highest BCUT2D eigenvalue weighted by Gasteiger charge is 2.10. The van der Waals surface area contributed by atoms with E-state index in [-0.39, 0.29) is 17.4 Å². The lowest BCUT2D eigenvalue weighted by atomic mass is 10.2. The molecule has 0 aromatic heterocycles. The Morgan fingerprint density at radius 2 is 2.17 bits per heavy atom. The Kier molecular flexibility index (Phi) is 4.48. The van der Waals surface area contributed by atoms with Gasteiger partial charge in [-0.1, -0.05) is 0 Å². The second kappa shape index (κ2) is 5.86. The number of aliphatic imine (C=N–C) groups is 1. The molecule has 0 radical (unpaired) electrons. The van der Waals surface area contributed by atoms with Gasteiger partial charge in [0, 0.05) is 18.4 Å². The fourth-order valence-electron chi connectivity index (χ4n) is 1.42. The van der Waals surface area contributed by atoms with Crippen LogP contribution in [0.1, 0.15) is 12.5 Å². The Balaban J connectivity index is 2.91. The van der Waals surface area contributed by atoms with Gasteiger partial charge in [0.2, 0.25) is 0 Å². The molecule has 0 saturated carbocycles. The molecule has 5 nitrogen and oxygen atoms in total. The van der Waals surface area contributed by atoms with Crippen LogP contribution in [0.25, 0.3) is 0 Å². The minimum Gasteiger partial charge on any atom is -0.508 e. The van der Waals surface area contributed by atoms with Crippen molar-refractivity contribution in [2.45, 2.75) is 13.8 Å². The molecule has 0 aliphatic carbocycles. The van der Waals surface area contributed by atoms with Gasteiger partial charge in [-0.2, -0.15) is 0 Å². The number of nitrogens with two attached hydrogens (primary N) is 1. The number of carbonyl (C=O) groups excluding carboxylic acids is 1. The first-order chi connectivity index (χ1) is 8.43. The molecule has 0 spiro atoms. The van der Waals surface area contributed by atoms with Crippen LogP contribution < -0.4 is 11.1 Å². The number of benzene rings is 1. The molecule has 18 heavy (non-hydrogen) atoms. The molecule has 0 unspecified atom stereocenters. The van der Waals surface area contributed by atoms with Crippen molar-refractivity contribution in [2.75, 3.05) is 12.4 Å². The summed E-state index contributed by atoms with van der Waals surface area (Å²) in [7, 11) is 1.53. The second-order valence-corrected chi connectivity index (χ2v) is 3.95. The molecule has 0 heterocycles. The Hall–Kier alpha value is -2.30. The van der Waals surface area contributed by atoms with Gasteiger partial charge in [0.25, 0.3) is 5.91 Å². The van der Waals surface area contributed by atoms with Gasteiger partial charge in [-0.25, -0.2) is 0 Å². The number of nitrogens with zero attached hydrogens (tertiary/aromatic N) is 1. The first-order valence-electron chi connectivity index (χ1n) is 5.45. The molecule has 0 fully saturated rings. The maximum absolute atomic E-state index is 11.9. The van der Waals surface area contributed by atoms with Gasteiger partial charge in [-0.05, 0) is 43.7 Å². The summed E-state index contributed by atoms with van der Waals surface area (Å²) in [5.74, 6) is -0.177. The van der Waals surface area contributed by atoms with Gasteiger partial charge < -0.3 is 16.2 Å². The minimum atomic E-state index is -0.337. The lowest BCUT2D eigenvalue weighted by molar-refractivity contribution is -0.110. The summed E-state index contributed by atoms with van der Waals surface area (Å²) in [6, 6.07) is 4.71. The van der Waals surface area contributed by atoms with Crippen molar-refractivity contribution in [2.24, 2.45) is 10.7 Å². The Bertz CT molecular complexity index is 515. The first-order valence-corrected chi connectivity index (χ1v) is 5.45. The number of rotatable bonds is 3. The third kappa shape index (κ3) is 3.62. The van der Waals surface area contributed by atoms with Crippen molar-refractivity contribution >= 4 is 17.3 Å². The zero-order valence-electron chi connectivity index (χ0n) is 10.7. The van der Waals surface area contributed by atoms with E-state index in [1.165, 1.54) is 19.2 Å². The molecule has 0 aliphatic rings. The highest BCUT2D eigenvalue weighted by atomic mass is 16.3. The average Bonchev–Trinajstić information content (AvgIpc) is 2.29. The maximum Gasteiger partial charge on any atom is 0.273 e. The molecular formula is C13H17N3O2. The third-order valence-electron chi connectivity index (χ3n) is 2.30. The minimum absolute atomic E-state index is 0.160. The highest BCUT2D eigenvalue weighted by molar-refractivity contribution is 6.47. The summed E-state index contributed by atoms with van der Waals surface area (Å²) in [6.07, 6.45) is 1.51. The van der Waals surface area contributed by atoms with Crippen LogP contribution >= 0.6 is 0 Å². The standard InChI is InChI=1S/C13H17N3O2/c1-8-6-10(17)4-5-11(8)16-13(18)12(15-3)7-9(2)14/h4-7,17H,14H2,1-3H3,(H,16,18). The Morgan fingerprint density at radius 3 is 2.67 bits per heavy atom. The molecule has 1 rings (SSSR count).